The third kappa shape index (κ3) is 3.51. The van der Waals surface area contributed by atoms with E-state index in [9.17, 15) is 0 Å². The van der Waals surface area contributed by atoms with E-state index in [0.29, 0.717) is 11.5 Å². The zero-order chi connectivity index (χ0) is 27.6. The van der Waals surface area contributed by atoms with Gasteiger partial charge in [0.15, 0.2) is 11.2 Å². The van der Waals surface area contributed by atoms with Gasteiger partial charge in [-0.25, -0.2) is 4.98 Å². The third-order valence-corrected chi connectivity index (χ3v) is 9.03. The number of hydrogen-bond acceptors (Lipinski definition) is 5. The molecule has 6 aromatic carbocycles. The Hall–Kier alpha value is -5.39. The number of aromatic nitrogens is 1. The fourth-order valence-corrected chi connectivity index (χ4v) is 7.06. The normalized spacial score (nSPS) is 11.8. The Morgan fingerprint density at radius 2 is 1.24 bits per heavy atom. The summed E-state index contributed by atoms with van der Waals surface area (Å²) in [5.74, 6) is 0.580. The average molecular weight is 559 g/mol. The summed E-state index contributed by atoms with van der Waals surface area (Å²) in [5.41, 5.74) is 6.89. The van der Waals surface area contributed by atoms with E-state index in [4.69, 9.17) is 13.8 Å². The quantitative estimate of drug-likeness (QED) is 0.215. The van der Waals surface area contributed by atoms with Gasteiger partial charge in [-0.1, -0.05) is 72.8 Å². The van der Waals surface area contributed by atoms with E-state index in [-0.39, 0.29) is 0 Å². The molecule has 0 saturated carbocycles. The van der Waals surface area contributed by atoms with E-state index >= 15 is 0 Å². The van der Waals surface area contributed by atoms with Crippen molar-refractivity contribution in [3.05, 3.63) is 133 Å². The Morgan fingerprint density at radius 1 is 0.524 bits per heavy atom. The smallest absolute Gasteiger partial charge is 0.227 e. The Kier molecular flexibility index (Phi) is 5.03. The average Bonchev–Trinajstić information content (AvgIpc) is 3.75. The molecule has 0 aliphatic rings. The maximum Gasteiger partial charge on any atom is 0.227 e. The van der Waals surface area contributed by atoms with Crippen molar-refractivity contribution in [2.45, 2.75) is 0 Å². The lowest BCUT2D eigenvalue weighted by molar-refractivity contribution is 0.620. The number of hydrogen-bond donors (Lipinski definition) is 0. The van der Waals surface area contributed by atoms with Crippen LogP contribution in [0.25, 0.3) is 64.7 Å². The van der Waals surface area contributed by atoms with E-state index in [2.05, 4.69) is 83.8 Å². The number of para-hydroxylation sites is 2. The summed E-state index contributed by atoms with van der Waals surface area (Å²) in [5, 5.41) is 4.52. The highest BCUT2D eigenvalue weighted by molar-refractivity contribution is 7.25. The van der Waals surface area contributed by atoms with Gasteiger partial charge in [0, 0.05) is 47.9 Å². The second kappa shape index (κ2) is 9.06. The highest BCUT2D eigenvalue weighted by atomic mass is 32.1. The molecule has 198 valence electrons. The van der Waals surface area contributed by atoms with E-state index in [1.165, 1.54) is 20.2 Å². The molecular formula is C37H22N2O2S. The van der Waals surface area contributed by atoms with Crippen molar-refractivity contribution in [1.29, 1.82) is 0 Å². The maximum atomic E-state index is 6.65. The van der Waals surface area contributed by atoms with Gasteiger partial charge >= 0.3 is 0 Å². The van der Waals surface area contributed by atoms with Gasteiger partial charge in [0.2, 0.25) is 5.89 Å². The summed E-state index contributed by atoms with van der Waals surface area (Å²) in [6.45, 7) is 0. The molecule has 0 saturated heterocycles. The second-order valence-electron chi connectivity index (χ2n) is 10.4. The van der Waals surface area contributed by atoms with Gasteiger partial charge in [0.1, 0.15) is 16.8 Å². The first-order valence-corrected chi connectivity index (χ1v) is 14.7. The van der Waals surface area contributed by atoms with Crippen LogP contribution < -0.4 is 4.90 Å². The summed E-state index contributed by atoms with van der Waals surface area (Å²) in [4.78, 5) is 7.37. The van der Waals surface area contributed by atoms with Gasteiger partial charge in [-0.05, 0) is 60.7 Å². The van der Waals surface area contributed by atoms with Gasteiger partial charge in [-0.15, -0.1) is 11.3 Å². The minimum Gasteiger partial charge on any atom is -0.454 e. The summed E-state index contributed by atoms with van der Waals surface area (Å²) >= 11 is 1.82. The van der Waals surface area contributed by atoms with Crippen LogP contribution in [0.2, 0.25) is 0 Å². The summed E-state index contributed by atoms with van der Waals surface area (Å²) in [6.07, 6.45) is 0. The second-order valence-corrected chi connectivity index (χ2v) is 11.5. The van der Waals surface area contributed by atoms with Crippen LogP contribution in [0.15, 0.2) is 142 Å². The lowest BCUT2D eigenvalue weighted by Crippen LogP contribution is -2.10. The number of fused-ring (bicyclic) bond motifs is 7. The predicted octanol–water partition coefficient (Wildman–Crippen LogP) is 11.2. The van der Waals surface area contributed by atoms with Gasteiger partial charge in [0.25, 0.3) is 0 Å². The Balaban J connectivity index is 1.41. The number of rotatable bonds is 4. The monoisotopic (exact) mass is 558 g/mol. The maximum absolute atomic E-state index is 6.65. The molecule has 3 heterocycles. The molecule has 0 bridgehead atoms. The number of thiophene rings is 1. The van der Waals surface area contributed by atoms with Crippen LogP contribution in [0.3, 0.4) is 0 Å². The van der Waals surface area contributed by atoms with Crippen LogP contribution in [0.5, 0.6) is 0 Å². The van der Waals surface area contributed by atoms with Crippen LogP contribution >= 0.6 is 11.3 Å². The minimum atomic E-state index is 0.580. The molecule has 0 amide bonds. The van der Waals surface area contributed by atoms with Gasteiger partial charge < -0.3 is 13.7 Å². The molecule has 0 radical (unpaired) electrons. The molecule has 0 unspecified atom stereocenters. The molecule has 0 N–H and O–H groups in total. The largest absolute Gasteiger partial charge is 0.454 e. The topological polar surface area (TPSA) is 42.4 Å². The van der Waals surface area contributed by atoms with E-state index in [0.717, 1.165) is 50.1 Å². The predicted molar refractivity (Wildman–Crippen MR) is 174 cm³/mol. The summed E-state index contributed by atoms with van der Waals surface area (Å²) < 4.78 is 15.7. The molecule has 0 aliphatic heterocycles. The van der Waals surface area contributed by atoms with Crippen molar-refractivity contribution in [3.63, 3.8) is 0 Å². The lowest BCUT2D eigenvalue weighted by atomic mass is 10.1. The summed E-state index contributed by atoms with van der Waals surface area (Å²) in [7, 11) is 0. The Labute approximate surface area is 244 Å². The molecule has 4 nitrogen and oxygen atoms in total. The van der Waals surface area contributed by atoms with Gasteiger partial charge in [-0.3, -0.25) is 0 Å². The molecule has 5 heteroatoms. The highest BCUT2D eigenvalue weighted by Gasteiger charge is 2.26. The van der Waals surface area contributed by atoms with Crippen LogP contribution in [-0.4, -0.2) is 4.98 Å². The first-order chi connectivity index (χ1) is 20.8. The SMILES string of the molecule is c1ccc(-c2nc3c(N(c4ccccc4)c4ccc5sc6ccccc6c5c4)c4oc5ccccc5c4cc3o2)cc1. The van der Waals surface area contributed by atoms with Crippen LogP contribution in [0.1, 0.15) is 0 Å². The molecular weight excluding hydrogens is 536 g/mol. The highest BCUT2D eigenvalue weighted by Crippen LogP contribution is 2.48. The first kappa shape index (κ1) is 23.3. The molecule has 0 aliphatic carbocycles. The number of benzene rings is 6. The van der Waals surface area contributed by atoms with Crippen molar-refractivity contribution >= 4 is 81.6 Å². The van der Waals surface area contributed by atoms with E-state index < -0.39 is 0 Å². The Bertz CT molecular complexity index is 2420. The number of anilines is 3. The molecule has 0 fully saturated rings. The standard InChI is InChI=1S/C37H22N2O2S/c1-3-11-23(12-4-1)37-38-34-31(41-37)22-29-26-15-7-9-17-30(26)40-36(29)35(34)39(24-13-5-2-6-14-24)25-19-20-33-28(21-25)27-16-8-10-18-32(27)42-33/h1-22H. The summed E-state index contributed by atoms with van der Waals surface area (Å²) in [6, 6.07) is 46.0. The van der Waals surface area contributed by atoms with Crippen molar-refractivity contribution in [1.82, 2.24) is 4.98 Å². The van der Waals surface area contributed by atoms with E-state index in [1.807, 2.05) is 65.9 Å². The number of furan rings is 1. The molecule has 0 atom stereocenters. The lowest BCUT2D eigenvalue weighted by Gasteiger charge is -2.25. The van der Waals surface area contributed by atoms with Crippen molar-refractivity contribution < 1.29 is 8.83 Å². The molecule has 3 aromatic heterocycles. The third-order valence-electron chi connectivity index (χ3n) is 7.88. The molecule has 0 spiro atoms. The van der Waals surface area contributed by atoms with Crippen LogP contribution in [-0.2, 0) is 0 Å². The van der Waals surface area contributed by atoms with Crippen LogP contribution in [0, 0.1) is 0 Å². The number of nitrogens with zero attached hydrogens (tertiary/aromatic N) is 2. The minimum absolute atomic E-state index is 0.580. The Morgan fingerprint density at radius 3 is 2.10 bits per heavy atom. The van der Waals surface area contributed by atoms with Gasteiger partial charge in [-0.2, -0.15) is 0 Å². The molecule has 9 aromatic rings. The van der Waals surface area contributed by atoms with Crippen LogP contribution in [0.4, 0.5) is 17.1 Å². The fraction of sp³-hybridized carbons (Fsp3) is 0. The van der Waals surface area contributed by atoms with Crippen molar-refractivity contribution in [2.75, 3.05) is 4.90 Å². The molecule has 9 rings (SSSR count). The van der Waals surface area contributed by atoms with Crippen molar-refractivity contribution in [2.24, 2.45) is 0 Å². The molecule has 42 heavy (non-hydrogen) atoms. The first-order valence-electron chi connectivity index (χ1n) is 13.9. The zero-order valence-corrected chi connectivity index (χ0v) is 23.1. The fourth-order valence-electron chi connectivity index (χ4n) is 5.97. The zero-order valence-electron chi connectivity index (χ0n) is 22.3. The van der Waals surface area contributed by atoms with E-state index in [1.54, 1.807) is 0 Å². The van der Waals surface area contributed by atoms with Crippen molar-refractivity contribution in [3.8, 4) is 11.5 Å². The number of oxazole rings is 1. The van der Waals surface area contributed by atoms with Gasteiger partial charge in [0.05, 0.1) is 0 Å².